The zero-order valence-corrected chi connectivity index (χ0v) is 26.3. The molecule has 14 nitrogen and oxygen atoms in total. The second-order valence-electron chi connectivity index (χ2n) is 12.4. The third-order valence-corrected chi connectivity index (χ3v) is 7.45. The summed E-state index contributed by atoms with van der Waals surface area (Å²) in [6.07, 6.45) is -0.0626. The van der Waals surface area contributed by atoms with Crippen molar-refractivity contribution < 1.29 is 19.7 Å². The van der Waals surface area contributed by atoms with E-state index in [-0.39, 0.29) is 44.1 Å². The molecule has 2 aliphatic heterocycles. The van der Waals surface area contributed by atoms with E-state index < -0.39 is 5.60 Å². The van der Waals surface area contributed by atoms with Gasteiger partial charge in [0.1, 0.15) is 5.69 Å². The van der Waals surface area contributed by atoms with Gasteiger partial charge in [0.2, 0.25) is 5.95 Å². The average Bonchev–Trinajstić information content (AvgIpc) is 2.94. The second kappa shape index (κ2) is 13.0. The predicted octanol–water partition coefficient (Wildman–Crippen LogP) is 3.83. The highest BCUT2D eigenvalue weighted by molar-refractivity contribution is 5.89. The maximum absolute atomic E-state index is 10.8. The van der Waals surface area contributed by atoms with Crippen molar-refractivity contribution in [1.29, 1.82) is 0 Å². The fraction of sp³-hybridized carbons (Fsp3) is 0.600. The van der Waals surface area contributed by atoms with Crippen molar-refractivity contribution in [2.24, 2.45) is 5.11 Å². The SMILES string of the molecule is C[C@@H]1CN(c2nc(N(CCO)CC(C)(C)O)c3nc(-c4ccc(N=[N+]=[N-])cc4)c(N4C[C@@H](C)O[C@@H](C)C4)nc3n2)C[C@H](C)O1. The van der Waals surface area contributed by atoms with Crippen LogP contribution in [0.2, 0.25) is 0 Å². The van der Waals surface area contributed by atoms with Gasteiger partial charge in [0.15, 0.2) is 22.8 Å². The highest BCUT2D eigenvalue weighted by atomic mass is 16.5. The van der Waals surface area contributed by atoms with Gasteiger partial charge in [-0.3, -0.25) is 0 Å². The minimum absolute atomic E-state index is 0.0138. The van der Waals surface area contributed by atoms with E-state index in [1.807, 2.05) is 44.7 Å². The van der Waals surface area contributed by atoms with Crippen molar-refractivity contribution in [3.63, 3.8) is 0 Å². The number of benzene rings is 1. The minimum Gasteiger partial charge on any atom is -0.395 e. The molecule has 0 unspecified atom stereocenters. The summed E-state index contributed by atoms with van der Waals surface area (Å²) < 4.78 is 12.0. The number of aliphatic hydroxyl groups excluding tert-OH is 1. The molecule has 5 rings (SSSR count). The number of aliphatic hydroxyl groups is 2. The lowest BCUT2D eigenvalue weighted by atomic mass is 10.1. The molecule has 0 spiro atoms. The molecule has 3 aromatic rings. The van der Waals surface area contributed by atoms with Crippen LogP contribution in [0.4, 0.5) is 23.3 Å². The Morgan fingerprint density at radius 2 is 1.52 bits per heavy atom. The number of rotatable bonds is 9. The fourth-order valence-electron chi connectivity index (χ4n) is 5.97. The summed E-state index contributed by atoms with van der Waals surface area (Å²) in [5.74, 6) is 1.62. The van der Waals surface area contributed by atoms with Crippen LogP contribution in [-0.4, -0.2) is 106 Å². The van der Waals surface area contributed by atoms with Crippen molar-refractivity contribution in [2.75, 3.05) is 60.6 Å². The van der Waals surface area contributed by atoms with Crippen molar-refractivity contribution >= 4 is 34.4 Å². The molecule has 2 N–H and O–H groups in total. The van der Waals surface area contributed by atoms with E-state index in [4.69, 9.17) is 34.9 Å². The molecule has 2 saturated heterocycles. The Balaban J connectivity index is 1.76. The number of azide groups is 1. The zero-order valence-electron chi connectivity index (χ0n) is 26.3. The van der Waals surface area contributed by atoms with Gasteiger partial charge in [-0.25, -0.2) is 9.97 Å². The molecular formula is C30H42N10O4. The molecule has 2 fully saturated rings. The minimum atomic E-state index is -1.08. The van der Waals surface area contributed by atoms with Gasteiger partial charge in [0.05, 0.1) is 36.6 Å². The van der Waals surface area contributed by atoms with Gasteiger partial charge in [0.25, 0.3) is 0 Å². The number of nitrogens with zero attached hydrogens (tertiary/aromatic N) is 10. The first kappa shape index (κ1) is 31.6. The molecule has 4 heterocycles. The van der Waals surface area contributed by atoms with Crippen molar-refractivity contribution in [1.82, 2.24) is 19.9 Å². The summed E-state index contributed by atoms with van der Waals surface area (Å²) in [7, 11) is 0. The van der Waals surface area contributed by atoms with E-state index in [1.165, 1.54) is 0 Å². The van der Waals surface area contributed by atoms with E-state index in [0.29, 0.717) is 66.3 Å². The summed E-state index contributed by atoms with van der Waals surface area (Å²) in [6, 6.07) is 7.18. The Hall–Kier alpha value is -3.81. The van der Waals surface area contributed by atoms with Crippen LogP contribution in [0, 0.1) is 0 Å². The van der Waals surface area contributed by atoms with Crippen molar-refractivity contribution in [3.8, 4) is 11.3 Å². The Morgan fingerprint density at radius 3 is 2.07 bits per heavy atom. The largest absolute Gasteiger partial charge is 0.395 e. The molecule has 4 atom stereocenters. The van der Waals surface area contributed by atoms with E-state index in [0.717, 1.165) is 5.56 Å². The standard InChI is InChI=1S/C30H42N10O4/c1-18-13-39(14-19(2)43-18)27-24(22-7-9-23(10-8-22)36-37-31)32-25-26(33-27)34-29(40-15-20(3)44-21(4)16-40)35-28(25)38(11-12-41)17-30(5,6)42/h7-10,18-21,41-42H,11-17H2,1-6H3/t18-,19+,20-,21+. The molecule has 0 radical (unpaired) electrons. The third-order valence-electron chi connectivity index (χ3n) is 7.45. The van der Waals surface area contributed by atoms with Crippen LogP contribution in [0.15, 0.2) is 29.4 Å². The smallest absolute Gasteiger partial charge is 0.229 e. The van der Waals surface area contributed by atoms with Gasteiger partial charge in [-0.15, -0.1) is 0 Å². The van der Waals surface area contributed by atoms with E-state index in [2.05, 4.69) is 19.8 Å². The highest BCUT2D eigenvalue weighted by Crippen LogP contribution is 2.35. The number of fused-ring (bicyclic) bond motifs is 1. The number of aromatic nitrogens is 4. The van der Waals surface area contributed by atoms with Gasteiger partial charge >= 0.3 is 0 Å². The molecule has 0 amide bonds. The maximum Gasteiger partial charge on any atom is 0.229 e. The molecule has 0 saturated carbocycles. The first-order chi connectivity index (χ1) is 20.9. The summed E-state index contributed by atoms with van der Waals surface area (Å²) >= 11 is 0. The summed E-state index contributed by atoms with van der Waals surface area (Å²) in [5.41, 5.74) is 10.6. The predicted molar refractivity (Wildman–Crippen MR) is 169 cm³/mol. The summed E-state index contributed by atoms with van der Waals surface area (Å²) in [4.78, 5) is 29.3. The van der Waals surface area contributed by atoms with E-state index >= 15 is 0 Å². The topological polar surface area (TPSA) is 169 Å². The van der Waals surface area contributed by atoms with Gasteiger partial charge in [-0.2, -0.15) is 9.97 Å². The fourth-order valence-corrected chi connectivity index (χ4v) is 5.97. The molecule has 0 bridgehead atoms. The lowest BCUT2D eigenvalue weighted by Crippen LogP contribution is -2.47. The quantitative estimate of drug-likeness (QED) is 0.206. The van der Waals surface area contributed by atoms with Gasteiger partial charge in [-0.1, -0.05) is 29.4 Å². The molecular weight excluding hydrogens is 564 g/mol. The molecule has 236 valence electrons. The molecule has 1 aromatic carbocycles. The monoisotopic (exact) mass is 606 g/mol. The lowest BCUT2D eigenvalue weighted by Gasteiger charge is -2.37. The molecule has 2 aliphatic rings. The van der Waals surface area contributed by atoms with Crippen LogP contribution in [0.1, 0.15) is 41.5 Å². The second-order valence-corrected chi connectivity index (χ2v) is 12.4. The summed E-state index contributed by atoms with van der Waals surface area (Å²) in [5, 5.41) is 24.6. The van der Waals surface area contributed by atoms with Gasteiger partial charge in [-0.05, 0) is 47.1 Å². The summed E-state index contributed by atoms with van der Waals surface area (Å²) in [6.45, 7) is 14.3. The Kier molecular flexibility index (Phi) is 9.37. The van der Waals surface area contributed by atoms with Crippen LogP contribution in [0.3, 0.4) is 0 Å². The zero-order chi connectivity index (χ0) is 31.6. The maximum atomic E-state index is 10.8. The van der Waals surface area contributed by atoms with Gasteiger partial charge < -0.3 is 34.4 Å². The van der Waals surface area contributed by atoms with Crippen molar-refractivity contribution in [3.05, 3.63) is 34.7 Å². The first-order valence-corrected chi connectivity index (χ1v) is 15.1. The lowest BCUT2D eigenvalue weighted by molar-refractivity contribution is -0.00580. The Bertz CT molecular complexity index is 1490. The number of ether oxygens (including phenoxy) is 2. The van der Waals surface area contributed by atoms with E-state index in [9.17, 15) is 10.2 Å². The highest BCUT2D eigenvalue weighted by Gasteiger charge is 2.31. The van der Waals surface area contributed by atoms with E-state index in [1.54, 1.807) is 26.0 Å². The molecule has 14 heteroatoms. The number of hydrogen-bond donors (Lipinski definition) is 2. The van der Waals surface area contributed by atoms with Crippen LogP contribution < -0.4 is 14.7 Å². The third kappa shape index (κ3) is 7.28. The Labute approximate surface area is 257 Å². The molecule has 2 aromatic heterocycles. The Morgan fingerprint density at radius 1 is 0.932 bits per heavy atom. The van der Waals surface area contributed by atoms with Crippen LogP contribution in [0.5, 0.6) is 0 Å². The average molecular weight is 607 g/mol. The van der Waals surface area contributed by atoms with Crippen LogP contribution in [0.25, 0.3) is 32.9 Å². The number of anilines is 3. The van der Waals surface area contributed by atoms with Crippen molar-refractivity contribution in [2.45, 2.75) is 71.6 Å². The number of morpholine rings is 2. The first-order valence-electron chi connectivity index (χ1n) is 15.1. The van der Waals surface area contributed by atoms with Gasteiger partial charge in [0, 0.05) is 55.4 Å². The van der Waals surface area contributed by atoms with Crippen LogP contribution >= 0.6 is 0 Å². The molecule has 44 heavy (non-hydrogen) atoms. The normalized spacial score (nSPS) is 22.6. The molecule has 0 aliphatic carbocycles. The van der Waals surface area contributed by atoms with Crippen LogP contribution in [-0.2, 0) is 9.47 Å². The number of hydrogen-bond acceptors (Lipinski definition) is 12.